The third-order valence-electron chi connectivity index (χ3n) is 5.34. The number of benzene rings is 3. The second-order valence-corrected chi connectivity index (χ2v) is 9.90. The van der Waals surface area contributed by atoms with E-state index in [9.17, 15) is 14.4 Å². The van der Waals surface area contributed by atoms with Crippen LogP contribution >= 0.6 is 46.6 Å². The minimum absolute atomic E-state index is 0.134. The molecule has 0 saturated heterocycles. The van der Waals surface area contributed by atoms with E-state index in [0.717, 1.165) is 4.90 Å². The minimum Gasteiger partial charge on any atom is -0.457 e. The summed E-state index contributed by atoms with van der Waals surface area (Å²) in [6, 6.07) is 15.4. The third-order valence-corrected chi connectivity index (χ3v) is 6.96. The predicted molar refractivity (Wildman–Crippen MR) is 140 cm³/mol. The molecule has 0 radical (unpaired) electrons. The molecular weight excluding hydrogens is 531 g/mol. The van der Waals surface area contributed by atoms with Crippen LogP contribution in [0.25, 0.3) is 0 Å². The summed E-state index contributed by atoms with van der Waals surface area (Å²) in [5, 5.41) is 3.74. The largest absolute Gasteiger partial charge is 0.457 e. The Bertz CT molecular complexity index is 1240. The zero-order chi connectivity index (χ0) is 25.1. The van der Waals surface area contributed by atoms with Gasteiger partial charge in [0.15, 0.2) is 0 Å². The van der Waals surface area contributed by atoms with E-state index in [2.05, 4.69) is 5.32 Å². The van der Waals surface area contributed by atoms with Crippen LogP contribution in [0.5, 0.6) is 11.5 Å². The van der Waals surface area contributed by atoms with Crippen molar-refractivity contribution in [2.75, 3.05) is 17.3 Å². The molecule has 6 nitrogen and oxygen atoms in total. The summed E-state index contributed by atoms with van der Waals surface area (Å²) in [6.07, 6.45) is 2.17. The number of thioether (sulfide) groups is 1. The number of nitrogens with zero attached hydrogens (tertiary/aromatic N) is 1. The molecule has 10 heteroatoms. The number of halogens is 3. The van der Waals surface area contributed by atoms with Crippen LogP contribution in [0.2, 0.25) is 15.1 Å². The molecule has 180 valence electrons. The number of anilines is 1. The molecule has 0 spiro atoms. The molecule has 0 aliphatic carbocycles. The average molecular weight is 550 g/mol. The van der Waals surface area contributed by atoms with Crippen LogP contribution in [0.3, 0.4) is 0 Å². The maximum atomic E-state index is 13.2. The fraction of sp³-hybridized carbons (Fsp3) is 0.160. The van der Waals surface area contributed by atoms with Gasteiger partial charge in [-0.05, 0) is 79.1 Å². The van der Waals surface area contributed by atoms with Crippen molar-refractivity contribution < 1.29 is 19.1 Å². The molecule has 1 heterocycles. The van der Waals surface area contributed by atoms with Gasteiger partial charge in [0, 0.05) is 10.7 Å². The molecule has 1 aliphatic rings. The van der Waals surface area contributed by atoms with Gasteiger partial charge in [0.2, 0.25) is 5.91 Å². The van der Waals surface area contributed by atoms with E-state index in [1.807, 2.05) is 6.26 Å². The predicted octanol–water partition coefficient (Wildman–Crippen LogP) is 6.80. The number of carbonyl (C=O) groups is 3. The number of amides is 3. The lowest BCUT2D eigenvalue weighted by atomic mass is 10.1. The van der Waals surface area contributed by atoms with Gasteiger partial charge >= 0.3 is 0 Å². The molecule has 0 unspecified atom stereocenters. The lowest BCUT2D eigenvalue weighted by molar-refractivity contribution is -0.120. The second kappa shape index (κ2) is 10.9. The number of rotatable bonds is 8. The molecule has 1 atom stereocenters. The Kier molecular flexibility index (Phi) is 7.91. The van der Waals surface area contributed by atoms with Crippen molar-refractivity contribution in [2.45, 2.75) is 12.5 Å². The minimum atomic E-state index is -1.00. The Morgan fingerprint density at radius 1 is 0.914 bits per heavy atom. The Labute approximate surface area is 221 Å². The highest BCUT2D eigenvalue weighted by Gasteiger charge is 2.43. The second-order valence-electron chi connectivity index (χ2n) is 7.66. The molecule has 3 aromatic carbocycles. The normalized spacial score (nSPS) is 13.5. The van der Waals surface area contributed by atoms with Gasteiger partial charge in [0.1, 0.15) is 17.5 Å². The number of nitrogens with one attached hydrogen (secondary N) is 1. The molecule has 4 rings (SSSR count). The number of hydrogen-bond donors (Lipinski definition) is 1. The number of imide groups is 1. The van der Waals surface area contributed by atoms with Crippen LogP contribution in [-0.2, 0) is 4.79 Å². The van der Waals surface area contributed by atoms with E-state index in [1.54, 1.807) is 48.5 Å². The first-order valence-electron chi connectivity index (χ1n) is 10.5. The van der Waals surface area contributed by atoms with Crippen molar-refractivity contribution in [3.63, 3.8) is 0 Å². The maximum absolute atomic E-state index is 13.2. The summed E-state index contributed by atoms with van der Waals surface area (Å²) < 4.78 is 5.77. The molecule has 0 fully saturated rings. The molecule has 1 N–H and O–H groups in total. The summed E-state index contributed by atoms with van der Waals surface area (Å²) in [5.74, 6) is 0.138. The van der Waals surface area contributed by atoms with Crippen LogP contribution in [0.1, 0.15) is 27.1 Å². The fourth-order valence-electron chi connectivity index (χ4n) is 3.61. The Balaban J connectivity index is 1.51. The van der Waals surface area contributed by atoms with Crippen LogP contribution in [0.4, 0.5) is 5.69 Å². The fourth-order valence-corrected chi connectivity index (χ4v) is 4.53. The van der Waals surface area contributed by atoms with Crippen molar-refractivity contribution in [3.05, 3.63) is 86.9 Å². The van der Waals surface area contributed by atoms with Crippen LogP contribution < -0.4 is 10.1 Å². The van der Waals surface area contributed by atoms with Gasteiger partial charge in [-0.2, -0.15) is 11.8 Å². The third kappa shape index (κ3) is 5.59. The molecular formula is C25H19Cl3N2O4S. The van der Waals surface area contributed by atoms with Crippen molar-refractivity contribution >= 4 is 70.0 Å². The summed E-state index contributed by atoms with van der Waals surface area (Å²) in [5.41, 5.74) is 0.764. The molecule has 35 heavy (non-hydrogen) atoms. The zero-order valence-electron chi connectivity index (χ0n) is 18.4. The summed E-state index contributed by atoms with van der Waals surface area (Å²) >= 11 is 19.5. The smallest absolute Gasteiger partial charge is 0.262 e. The van der Waals surface area contributed by atoms with Crippen LogP contribution in [0, 0.1) is 0 Å². The quantitative estimate of drug-likeness (QED) is 0.313. The van der Waals surface area contributed by atoms with E-state index < -0.39 is 23.8 Å². The van der Waals surface area contributed by atoms with E-state index in [1.165, 1.54) is 23.9 Å². The highest BCUT2D eigenvalue weighted by molar-refractivity contribution is 7.98. The Hall–Kier alpha value is -2.71. The summed E-state index contributed by atoms with van der Waals surface area (Å²) in [4.78, 5) is 40.3. The van der Waals surface area contributed by atoms with E-state index in [4.69, 9.17) is 39.5 Å². The number of fused-ring (bicyclic) bond motifs is 1. The number of carbonyl (C=O) groups excluding carboxylic acids is 3. The van der Waals surface area contributed by atoms with Gasteiger partial charge in [-0.25, -0.2) is 0 Å². The molecule has 3 aromatic rings. The molecule has 0 bridgehead atoms. The van der Waals surface area contributed by atoms with Gasteiger partial charge < -0.3 is 10.1 Å². The molecule has 0 saturated carbocycles. The molecule has 0 aromatic heterocycles. The van der Waals surface area contributed by atoms with Gasteiger partial charge in [-0.1, -0.05) is 34.8 Å². The topological polar surface area (TPSA) is 75.7 Å². The summed E-state index contributed by atoms with van der Waals surface area (Å²) in [6.45, 7) is 0. The van der Waals surface area contributed by atoms with Crippen LogP contribution in [-0.4, -0.2) is 40.7 Å². The number of ether oxygens (including phenoxy) is 1. The summed E-state index contributed by atoms with van der Waals surface area (Å²) in [7, 11) is 0. The lowest BCUT2D eigenvalue weighted by Gasteiger charge is -2.25. The SMILES string of the molecule is CSCC[C@@H](C(=O)Nc1ccc(Oc2ccc(Cl)cc2)cc1)N1C(=O)c2cc(Cl)c(Cl)cc2C1=O. The molecule has 1 aliphatic heterocycles. The van der Waals surface area contributed by atoms with Gasteiger partial charge in [-0.3, -0.25) is 19.3 Å². The monoisotopic (exact) mass is 548 g/mol. The first-order chi connectivity index (χ1) is 16.8. The average Bonchev–Trinajstić information content (AvgIpc) is 3.07. The van der Waals surface area contributed by atoms with Crippen LogP contribution in [0.15, 0.2) is 60.7 Å². The highest BCUT2D eigenvalue weighted by Crippen LogP contribution is 2.33. The van der Waals surface area contributed by atoms with Gasteiger partial charge in [-0.15, -0.1) is 0 Å². The number of hydrogen-bond acceptors (Lipinski definition) is 5. The standard InChI is InChI=1S/C25H19Cl3N2O4S/c1-35-11-10-22(30-24(32)18-12-20(27)21(28)13-19(18)25(30)33)23(31)29-15-4-8-17(9-5-15)34-16-6-2-14(26)3-7-16/h2-9,12-13,22H,10-11H2,1H3,(H,29,31)/t22-/m0/s1. The van der Waals surface area contributed by atoms with Crippen molar-refractivity contribution in [3.8, 4) is 11.5 Å². The van der Waals surface area contributed by atoms with Crippen molar-refractivity contribution in [2.24, 2.45) is 0 Å². The first kappa shape index (κ1) is 25.4. The first-order valence-corrected chi connectivity index (χ1v) is 13.0. The van der Waals surface area contributed by atoms with Crippen molar-refractivity contribution in [1.29, 1.82) is 0 Å². The lowest BCUT2D eigenvalue weighted by Crippen LogP contribution is -2.47. The highest BCUT2D eigenvalue weighted by atomic mass is 35.5. The van der Waals surface area contributed by atoms with E-state index in [0.29, 0.717) is 28.0 Å². The molecule has 3 amide bonds. The van der Waals surface area contributed by atoms with Gasteiger partial charge in [0.25, 0.3) is 11.8 Å². The van der Waals surface area contributed by atoms with E-state index >= 15 is 0 Å². The Morgan fingerprint density at radius 2 is 1.43 bits per heavy atom. The van der Waals surface area contributed by atoms with Gasteiger partial charge in [0.05, 0.1) is 21.2 Å². The zero-order valence-corrected chi connectivity index (χ0v) is 21.5. The van der Waals surface area contributed by atoms with E-state index in [-0.39, 0.29) is 27.6 Å². The van der Waals surface area contributed by atoms with Crippen molar-refractivity contribution in [1.82, 2.24) is 4.90 Å². The maximum Gasteiger partial charge on any atom is 0.262 e. The Morgan fingerprint density at radius 3 is 1.94 bits per heavy atom.